The Morgan fingerprint density at radius 1 is 0.290 bits per heavy atom. The molecule has 0 aliphatic carbocycles. The summed E-state index contributed by atoms with van der Waals surface area (Å²) < 4.78 is 2.38. The zero-order chi connectivity index (χ0) is 46.1. The van der Waals surface area contributed by atoms with Crippen molar-refractivity contribution in [3.05, 3.63) is 254 Å². The van der Waals surface area contributed by atoms with Gasteiger partial charge >= 0.3 is 0 Å². The van der Waals surface area contributed by atoms with Crippen LogP contribution in [0.15, 0.2) is 249 Å². The summed E-state index contributed by atoms with van der Waals surface area (Å²) in [6.07, 6.45) is 0. The lowest BCUT2D eigenvalue weighted by Crippen LogP contribution is -2.04. The van der Waals surface area contributed by atoms with Gasteiger partial charge in [0.05, 0.1) is 28.4 Å². The maximum absolute atomic E-state index is 10.2. The van der Waals surface area contributed by atoms with E-state index in [9.17, 15) is 5.26 Å². The van der Waals surface area contributed by atoms with Gasteiger partial charge < -0.3 is 4.57 Å². The maximum atomic E-state index is 10.2. The molecule has 0 unspecified atom stereocenters. The topological polar surface area (TPSA) is 67.4 Å². The molecule has 5 nitrogen and oxygen atoms in total. The third-order valence-electron chi connectivity index (χ3n) is 12.8. The summed E-state index contributed by atoms with van der Waals surface area (Å²) in [5, 5.41) is 12.3. The number of nitrogens with zero attached hydrogens (tertiary/aromatic N) is 5. The summed E-state index contributed by atoms with van der Waals surface area (Å²) >= 11 is 0. The Hall–Kier alpha value is -9.50. The third kappa shape index (κ3) is 7.82. The summed E-state index contributed by atoms with van der Waals surface area (Å²) in [5.74, 6) is 1.71. The number of hydrogen-bond acceptors (Lipinski definition) is 4. The average molecular weight is 880 g/mol. The van der Waals surface area contributed by atoms with Crippen molar-refractivity contribution in [3.63, 3.8) is 0 Å². The number of hydrogen-bond donors (Lipinski definition) is 0. The fraction of sp³-hybridized carbons (Fsp3) is 0. The van der Waals surface area contributed by atoms with Gasteiger partial charge in [-0.15, -0.1) is 0 Å². The van der Waals surface area contributed by atoms with Crippen LogP contribution in [0.3, 0.4) is 0 Å². The van der Waals surface area contributed by atoms with Gasteiger partial charge in [-0.2, -0.15) is 5.26 Å². The van der Waals surface area contributed by atoms with Crippen LogP contribution < -0.4 is 0 Å². The van der Waals surface area contributed by atoms with Gasteiger partial charge in [-0.3, -0.25) is 0 Å². The Bertz CT molecular complexity index is 3740. The summed E-state index contributed by atoms with van der Waals surface area (Å²) in [5.41, 5.74) is 16.9. The van der Waals surface area contributed by atoms with Crippen LogP contribution in [-0.2, 0) is 0 Å². The highest BCUT2D eigenvalue weighted by atomic mass is 15.0. The Kier molecular flexibility index (Phi) is 10.5. The van der Waals surface area contributed by atoms with E-state index in [4.69, 9.17) is 15.0 Å². The van der Waals surface area contributed by atoms with Crippen LogP contribution in [0.1, 0.15) is 5.56 Å². The van der Waals surface area contributed by atoms with E-state index in [1.165, 1.54) is 0 Å². The molecule has 0 N–H and O–H groups in total. The molecule has 0 saturated heterocycles. The predicted octanol–water partition coefficient (Wildman–Crippen LogP) is 16.2. The van der Waals surface area contributed by atoms with Crippen molar-refractivity contribution in [1.82, 2.24) is 19.5 Å². The van der Waals surface area contributed by atoms with E-state index < -0.39 is 0 Å². The standard InChI is InChI=1S/C64H41N5/c65-42-43-31-33-59-57(35-43)58-39-50(44-19-7-1-8-20-44)32-34-60(58)69(59)61-55(47-25-13-4-14-26-47)40-54(41-56(61)48-27-15-5-16-28-48)64-67-62(49-29-17-6-18-30-49)66-63(68-64)53-37-51(45-21-9-2-10-22-45)36-52(38-53)46-23-11-3-12-24-46/h1-41H. The first-order valence-electron chi connectivity index (χ1n) is 23.1. The monoisotopic (exact) mass is 879 g/mol. The van der Waals surface area contributed by atoms with Gasteiger partial charge in [0.15, 0.2) is 17.5 Å². The molecule has 322 valence electrons. The molecule has 0 bridgehead atoms. The predicted molar refractivity (Wildman–Crippen MR) is 282 cm³/mol. The first kappa shape index (κ1) is 41.0. The second kappa shape index (κ2) is 17.7. The molecule has 0 spiro atoms. The minimum atomic E-state index is 0.555. The summed E-state index contributed by atoms with van der Waals surface area (Å²) in [7, 11) is 0. The minimum Gasteiger partial charge on any atom is -0.308 e. The highest BCUT2D eigenvalue weighted by molar-refractivity contribution is 6.12. The van der Waals surface area contributed by atoms with E-state index in [1.54, 1.807) is 0 Å². The van der Waals surface area contributed by atoms with E-state index in [0.717, 1.165) is 99.8 Å². The van der Waals surface area contributed by atoms with E-state index in [-0.39, 0.29) is 0 Å². The van der Waals surface area contributed by atoms with Crippen molar-refractivity contribution in [3.8, 4) is 102 Å². The zero-order valence-electron chi connectivity index (χ0n) is 37.4. The SMILES string of the molecule is N#Cc1ccc2c(c1)c1cc(-c3ccccc3)ccc1n2-c1c(-c2ccccc2)cc(-c2nc(-c3ccccc3)nc(-c3cc(-c4ccccc4)cc(-c4ccccc4)c3)n2)cc1-c1ccccc1. The van der Waals surface area contributed by atoms with Gasteiger partial charge in [-0.25, -0.2) is 15.0 Å². The van der Waals surface area contributed by atoms with Crippen molar-refractivity contribution in [2.75, 3.05) is 0 Å². The van der Waals surface area contributed by atoms with Crippen LogP contribution in [0.25, 0.3) is 117 Å². The second-order valence-electron chi connectivity index (χ2n) is 17.1. The van der Waals surface area contributed by atoms with Crippen molar-refractivity contribution in [2.45, 2.75) is 0 Å². The number of aromatic nitrogens is 4. The molecule has 0 atom stereocenters. The number of nitriles is 1. The molecule has 0 fully saturated rings. The Balaban J connectivity index is 1.15. The van der Waals surface area contributed by atoms with Gasteiger partial charge in [-0.05, 0) is 105 Å². The van der Waals surface area contributed by atoms with E-state index in [1.807, 2.05) is 48.5 Å². The molecular weight excluding hydrogens is 839 g/mol. The number of fused-ring (bicyclic) bond motifs is 3. The zero-order valence-corrected chi connectivity index (χ0v) is 37.4. The van der Waals surface area contributed by atoms with E-state index in [0.29, 0.717) is 23.0 Å². The number of benzene rings is 10. The molecule has 5 heteroatoms. The van der Waals surface area contributed by atoms with Crippen molar-refractivity contribution >= 4 is 21.8 Å². The van der Waals surface area contributed by atoms with Gasteiger partial charge in [0.25, 0.3) is 0 Å². The van der Waals surface area contributed by atoms with Crippen LogP contribution in [-0.4, -0.2) is 19.5 Å². The number of rotatable bonds is 9. The van der Waals surface area contributed by atoms with E-state index in [2.05, 4.69) is 211 Å². The van der Waals surface area contributed by atoms with Gasteiger partial charge in [0.1, 0.15) is 0 Å². The fourth-order valence-electron chi connectivity index (χ4n) is 9.53. The largest absolute Gasteiger partial charge is 0.308 e. The van der Waals surface area contributed by atoms with Crippen LogP contribution in [0.4, 0.5) is 0 Å². The highest BCUT2D eigenvalue weighted by Gasteiger charge is 2.24. The van der Waals surface area contributed by atoms with Crippen LogP contribution in [0.2, 0.25) is 0 Å². The highest BCUT2D eigenvalue weighted by Crippen LogP contribution is 2.45. The Labute approximate surface area is 400 Å². The smallest absolute Gasteiger partial charge is 0.164 e. The molecule has 69 heavy (non-hydrogen) atoms. The van der Waals surface area contributed by atoms with Crippen molar-refractivity contribution in [2.24, 2.45) is 0 Å². The van der Waals surface area contributed by atoms with Gasteiger partial charge in [-0.1, -0.05) is 188 Å². The molecule has 0 saturated carbocycles. The summed E-state index contributed by atoms with van der Waals surface area (Å²) in [4.78, 5) is 16.0. The van der Waals surface area contributed by atoms with Gasteiger partial charge in [0, 0.05) is 38.6 Å². The van der Waals surface area contributed by atoms with Crippen molar-refractivity contribution < 1.29 is 0 Å². The minimum absolute atomic E-state index is 0.555. The molecule has 0 amide bonds. The van der Waals surface area contributed by atoms with Crippen LogP contribution in [0.5, 0.6) is 0 Å². The second-order valence-corrected chi connectivity index (χ2v) is 17.1. The summed E-state index contributed by atoms with van der Waals surface area (Å²) in [6.45, 7) is 0. The maximum Gasteiger partial charge on any atom is 0.164 e. The normalized spacial score (nSPS) is 11.2. The first-order valence-corrected chi connectivity index (χ1v) is 23.1. The van der Waals surface area contributed by atoms with Crippen molar-refractivity contribution in [1.29, 1.82) is 5.26 Å². The molecule has 2 aromatic heterocycles. The lowest BCUT2D eigenvalue weighted by atomic mass is 9.92. The quantitative estimate of drug-likeness (QED) is 0.145. The first-order chi connectivity index (χ1) is 34.1. The molecular formula is C64H41N5. The van der Waals surface area contributed by atoms with Crippen LogP contribution >= 0.6 is 0 Å². The lowest BCUT2D eigenvalue weighted by molar-refractivity contribution is 1.07. The summed E-state index contributed by atoms with van der Waals surface area (Å²) in [6, 6.07) is 88.9. The molecule has 0 radical (unpaired) electrons. The molecule has 2 heterocycles. The van der Waals surface area contributed by atoms with E-state index >= 15 is 0 Å². The lowest BCUT2D eigenvalue weighted by Gasteiger charge is -2.21. The molecule has 0 aliphatic heterocycles. The van der Waals surface area contributed by atoms with Crippen LogP contribution in [0, 0.1) is 11.3 Å². The van der Waals surface area contributed by atoms with Gasteiger partial charge in [0.2, 0.25) is 0 Å². The Morgan fingerprint density at radius 3 is 1.12 bits per heavy atom. The fourth-order valence-corrected chi connectivity index (χ4v) is 9.53. The molecule has 10 aromatic carbocycles. The average Bonchev–Trinajstić information content (AvgIpc) is 3.76. The molecule has 12 rings (SSSR count). The Morgan fingerprint density at radius 2 is 0.652 bits per heavy atom. The molecule has 12 aromatic rings. The third-order valence-corrected chi connectivity index (χ3v) is 12.8. The molecule has 0 aliphatic rings.